The van der Waals surface area contributed by atoms with Gasteiger partial charge >= 0.3 is 0 Å². The van der Waals surface area contributed by atoms with Gasteiger partial charge in [-0.1, -0.05) is 25.4 Å². The second-order valence-electron chi connectivity index (χ2n) is 3.91. The molecule has 3 heteroatoms. The van der Waals surface area contributed by atoms with Crippen LogP contribution < -0.4 is 10.1 Å². The summed E-state index contributed by atoms with van der Waals surface area (Å²) in [5.41, 5.74) is 0. The highest BCUT2D eigenvalue weighted by Crippen LogP contribution is 2.18. The molecule has 1 aromatic rings. The quantitative estimate of drug-likeness (QED) is 0.835. The molecular formula is C12H18ClNO. The Bertz CT molecular complexity index is 284. The summed E-state index contributed by atoms with van der Waals surface area (Å²) in [6.07, 6.45) is 0.191. The molecule has 0 aliphatic rings. The van der Waals surface area contributed by atoms with E-state index in [9.17, 15) is 0 Å². The van der Waals surface area contributed by atoms with Crippen LogP contribution in [-0.4, -0.2) is 19.7 Å². The first-order chi connectivity index (χ1) is 7.13. The van der Waals surface area contributed by atoms with Gasteiger partial charge in [0.05, 0.1) is 0 Å². The summed E-state index contributed by atoms with van der Waals surface area (Å²) in [5.74, 6) is 1.35. The van der Waals surface area contributed by atoms with E-state index in [1.54, 1.807) is 0 Å². The first-order valence-electron chi connectivity index (χ1n) is 5.20. The highest BCUT2D eigenvalue weighted by atomic mass is 35.5. The summed E-state index contributed by atoms with van der Waals surface area (Å²) < 4.78 is 5.85. The van der Waals surface area contributed by atoms with E-state index < -0.39 is 0 Å². The third kappa shape index (κ3) is 4.10. The molecule has 0 aromatic heterocycles. The highest BCUT2D eigenvalue weighted by molar-refractivity contribution is 6.30. The average molecular weight is 228 g/mol. The maximum atomic E-state index is 5.85. The minimum atomic E-state index is 0.191. The fraction of sp³-hybridized carbons (Fsp3) is 0.500. The fourth-order valence-corrected chi connectivity index (χ4v) is 1.43. The van der Waals surface area contributed by atoms with Crippen LogP contribution in [0.25, 0.3) is 0 Å². The van der Waals surface area contributed by atoms with Crippen LogP contribution in [0.2, 0.25) is 5.02 Å². The summed E-state index contributed by atoms with van der Waals surface area (Å²) in [6.45, 7) is 5.15. The molecule has 1 N–H and O–H groups in total. The van der Waals surface area contributed by atoms with Gasteiger partial charge in [-0.2, -0.15) is 0 Å². The molecule has 0 spiro atoms. The molecule has 2 nitrogen and oxygen atoms in total. The Morgan fingerprint density at radius 2 is 1.87 bits per heavy atom. The lowest BCUT2D eigenvalue weighted by Crippen LogP contribution is -2.33. The smallest absolute Gasteiger partial charge is 0.119 e. The van der Waals surface area contributed by atoms with Crippen LogP contribution in [0.3, 0.4) is 0 Å². The second-order valence-corrected chi connectivity index (χ2v) is 4.35. The summed E-state index contributed by atoms with van der Waals surface area (Å²) in [7, 11) is 1.93. The zero-order chi connectivity index (χ0) is 11.3. The Morgan fingerprint density at radius 3 is 2.33 bits per heavy atom. The number of rotatable bonds is 5. The van der Waals surface area contributed by atoms with Crippen molar-refractivity contribution in [1.82, 2.24) is 5.32 Å². The number of halogens is 1. The molecule has 1 rings (SSSR count). The van der Waals surface area contributed by atoms with Crippen molar-refractivity contribution in [3.63, 3.8) is 0 Å². The van der Waals surface area contributed by atoms with Gasteiger partial charge in [-0.3, -0.25) is 0 Å². The number of benzene rings is 1. The van der Waals surface area contributed by atoms with Crippen LogP contribution in [0.1, 0.15) is 13.8 Å². The van der Waals surface area contributed by atoms with Crippen LogP contribution in [-0.2, 0) is 0 Å². The molecule has 1 aromatic carbocycles. The van der Waals surface area contributed by atoms with E-state index in [4.69, 9.17) is 16.3 Å². The Morgan fingerprint density at radius 1 is 1.27 bits per heavy atom. The fourth-order valence-electron chi connectivity index (χ4n) is 1.30. The zero-order valence-corrected chi connectivity index (χ0v) is 10.2. The maximum absolute atomic E-state index is 5.85. The van der Waals surface area contributed by atoms with Gasteiger partial charge in [-0.25, -0.2) is 0 Å². The molecule has 0 saturated carbocycles. The molecule has 15 heavy (non-hydrogen) atoms. The largest absolute Gasteiger partial charge is 0.489 e. The number of hydrogen-bond acceptors (Lipinski definition) is 2. The Balaban J connectivity index is 2.61. The van der Waals surface area contributed by atoms with Crippen LogP contribution >= 0.6 is 11.6 Å². The van der Waals surface area contributed by atoms with Crippen molar-refractivity contribution in [3.8, 4) is 5.75 Å². The van der Waals surface area contributed by atoms with Crippen LogP contribution in [0.5, 0.6) is 5.75 Å². The predicted molar refractivity (Wildman–Crippen MR) is 64.6 cm³/mol. The lowest BCUT2D eigenvalue weighted by Gasteiger charge is -2.22. The molecule has 0 heterocycles. The first kappa shape index (κ1) is 12.3. The SMILES string of the molecule is CNCC(Oc1ccc(Cl)cc1)C(C)C. The molecule has 84 valence electrons. The topological polar surface area (TPSA) is 21.3 Å². The Labute approximate surface area is 96.6 Å². The van der Waals surface area contributed by atoms with E-state index in [2.05, 4.69) is 19.2 Å². The molecular weight excluding hydrogens is 210 g/mol. The molecule has 0 fully saturated rings. The standard InChI is InChI=1S/C12H18ClNO/c1-9(2)12(8-14-3)15-11-6-4-10(13)5-7-11/h4-7,9,12,14H,8H2,1-3H3. The summed E-state index contributed by atoms with van der Waals surface area (Å²) in [5, 5.41) is 3.86. The van der Waals surface area contributed by atoms with Crippen molar-refractivity contribution >= 4 is 11.6 Å². The zero-order valence-electron chi connectivity index (χ0n) is 9.46. The van der Waals surface area contributed by atoms with Crippen LogP contribution in [0.4, 0.5) is 0 Å². The van der Waals surface area contributed by atoms with Crippen molar-refractivity contribution in [2.45, 2.75) is 20.0 Å². The van der Waals surface area contributed by atoms with E-state index in [0.29, 0.717) is 5.92 Å². The monoisotopic (exact) mass is 227 g/mol. The van der Waals surface area contributed by atoms with Gasteiger partial charge < -0.3 is 10.1 Å². The molecule has 1 unspecified atom stereocenters. The van der Waals surface area contributed by atoms with Crippen molar-refractivity contribution in [1.29, 1.82) is 0 Å². The Hall–Kier alpha value is -0.730. The normalized spacial score (nSPS) is 12.9. The van der Waals surface area contributed by atoms with Crippen molar-refractivity contribution in [2.24, 2.45) is 5.92 Å². The van der Waals surface area contributed by atoms with E-state index in [-0.39, 0.29) is 6.10 Å². The average Bonchev–Trinajstić information content (AvgIpc) is 2.20. The third-order valence-electron chi connectivity index (χ3n) is 2.25. The van der Waals surface area contributed by atoms with E-state index in [1.165, 1.54) is 0 Å². The van der Waals surface area contributed by atoms with Gasteiger partial charge in [0.1, 0.15) is 11.9 Å². The van der Waals surface area contributed by atoms with Gasteiger partial charge in [-0.15, -0.1) is 0 Å². The number of nitrogens with one attached hydrogen (secondary N) is 1. The molecule has 0 saturated heterocycles. The number of likely N-dealkylation sites (N-methyl/N-ethyl adjacent to an activating group) is 1. The van der Waals surface area contributed by atoms with Gasteiger partial charge in [0.2, 0.25) is 0 Å². The van der Waals surface area contributed by atoms with E-state index in [1.807, 2.05) is 31.3 Å². The van der Waals surface area contributed by atoms with Gasteiger partial charge in [0.25, 0.3) is 0 Å². The molecule has 0 aliphatic heterocycles. The molecule has 1 atom stereocenters. The molecule has 0 bridgehead atoms. The van der Waals surface area contributed by atoms with Crippen molar-refractivity contribution < 1.29 is 4.74 Å². The van der Waals surface area contributed by atoms with E-state index >= 15 is 0 Å². The lowest BCUT2D eigenvalue weighted by molar-refractivity contribution is 0.151. The van der Waals surface area contributed by atoms with Gasteiger partial charge in [-0.05, 0) is 37.2 Å². The minimum Gasteiger partial charge on any atom is -0.489 e. The van der Waals surface area contributed by atoms with E-state index in [0.717, 1.165) is 17.3 Å². The number of hydrogen-bond donors (Lipinski definition) is 1. The first-order valence-corrected chi connectivity index (χ1v) is 5.58. The van der Waals surface area contributed by atoms with Crippen molar-refractivity contribution in [3.05, 3.63) is 29.3 Å². The predicted octanol–water partition coefficient (Wildman–Crippen LogP) is 2.96. The van der Waals surface area contributed by atoms with Crippen molar-refractivity contribution in [2.75, 3.05) is 13.6 Å². The minimum absolute atomic E-state index is 0.191. The van der Waals surface area contributed by atoms with Crippen LogP contribution in [0.15, 0.2) is 24.3 Å². The lowest BCUT2D eigenvalue weighted by atomic mass is 10.1. The summed E-state index contributed by atoms with van der Waals surface area (Å²) in [6, 6.07) is 7.47. The van der Waals surface area contributed by atoms with Gasteiger partial charge in [0, 0.05) is 11.6 Å². The third-order valence-corrected chi connectivity index (χ3v) is 2.50. The maximum Gasteiger partial charge on any atom is 0.119 e. The van der Waals surface area contributed by atoms with Gasteiger partial charge in [0.15, 0.2) is 0 Å². The molecule has 0 amide bonds. The Kier molecular flexibility index (Phi) is 4.92. The summed E-state index contributed by atoms with van der Waals surface area (Å²) in [4.78, 5) is 0. The second kappa shape index (κ2) is 5.99. The molecule has 0 aliphatic carbocycles. The van der Waals surface area contributed by atoms with Crippen LogP contribution in [0, 0.1) is 5.92 Å². The highest BCUT2D eigenvalue weighted by Gasteiger charge is 2.13. The molecule has 0 radical (unpaired) electrons. The summed E-state index contributed by atoms with van der Waals surface area (Å²) >= 11 is 5.80. The number of ether oxygens (including phenoxy) is 1.